The van der Waals surface area contributed by atoms with Gasteiger partial charge in [0.05, 0.1) is 12.6 Å². The number of amides is 1. The summed E-state index contributed by atoms with van der Waals surface area (Å²) in [5, 5.41) is 3.09. The van der Waals surface area contributed by atoms with Crippen molar-refractivity contribution in [3.8, 4) is 5.88 Å². The summed E-state index contributed by atoms with van der Waals surface area (Å²) < 4.78 is 10.4. The van der Waals surface area contributed by atoms with Crippen molar-refractivity contribution in [3.05, 3.63) is 59.8 Å². The van der Waals surface area contributed by atoms with Crippen LogP contribution in [0.1, 0.15) is 36.4 Å². The summed E-state index contributed by atoms with van der Waals surface area (Å²) in [6, 6.07) is 13.9. The van der Waals surface area contributed by atoms with E-state index in [1.54, 1.807) is 13.3 Å². The Morgan fingerprint density at radius 2 is 2.04 bits per heavy atom. The fourth-order valence-corrected chi connectivity index (χ4v) is 2.92. The first kappa shape index (κ1) is 17.4. The van der Waals surface area contributed by atoms with E-state index in [-0.39, 0.29) is 17.9 Å². The van der Waals surface area contributed by atoms with Gasteiger partial charge in [0.2, 0.25) is 11.8 Å². The SMILES string of the molecule is COCCOc1ccc([C@H](C)NC(=O)[C@H]2C[C@@H]2c2ccccc2)cn1. The van der Waals surface area contributed by atoms with Gasteiger partial charge in [-0.2, -0.15) is 0 Å². The lowest BCUT2D eigenvalue weighted by Gasteiger charge is -2.14. The zero-order valence-electron chi connectivity index (χ0n) is 14.6. The highest BCUT2D eigenvalue weighted by Crippen LogP contribution is 2.47. The van der Waals surface area contributed by atoms with Gasteiger partial charge in [-0.3, -0.25) is 4.79 Å². The third-order valence-corrected chi connectivity index (χ3v) is 4.51. The Bertz CT molecular complexity index is 688. The van der Waals surface area contributed by atoms with Gasteiger partial charge < -0.3 is 14.8 Å². The van der Waals surface area contributed by atoms with Gasteiger partial charge in [0.25, 0.3) is 0 Å². The van der Waals surface area contributed by atoms with Crippen LogP contribution in [0.3, 0.4) is 0 Å². The molecule has 1 saturated carbocycles. The smallest absolute Gasteiger partial charge is 0.224 e. The predicted octanol–water partition coefficient (Wildman–Crippen LogP) is 3.09. The number of hydrogen-bond donors (Lipinski definition) is 1. The molecule has 0 radical (unpaired) electrons. The van der Waals surface area contributed by atoms with Gasteiger partial charge in [0, 0.05) is 25.3 Å². The Kier molecular flexibility index (Phi) is 5.66. The van der Waals surface area contributed by atoms with Crippen molar-refractivity contribution in [3.63, 3.8) is 0 Å². The summed E-state index contributed by atoms with van der Waals surface area (Å²) in [5.41, 5.74) is 2.21. The number of ether oxygens (including phenoxy) is 2. The molecule has 132 valence electrons. The Labute approximate surface area is 148 Å². The highest BCUT2D eigenvalue weighted by Gasteiger charge is 2.44. The summed E-state index contributed by atoms with van der Waals surface area (Å²) in [4.78, 5) is 16.7. The standard InChI is InChI=1S/C20H24N2O3/c1-14(16-8-9-19(21-13-16)25-11-10-24-2)22-20(23)18-12-17(18)15-6-4-3-5-7-15/h3-9,13-14,17-18H,10-12H2,1-2H3,(H,22,23)/t14-,17+,18-/m0/s1. The molecule has 1 N–H and O–H groups in total. The number of aromatic nitrogens is 1. The maximum Gasteiger partial charge on any atom is 0.224 e. The monoisotopic (exact) mass is 340 g/mol. The Hall–Kier alpha value is -2.40. The van der Waals surface area contributed by atoms with E-state index in [4.69, 9.17) is 9.47 Å². The topological polar surface area (TPSA) is 60.5 Å². The summed E-state index contributed by atoms with van der Waals surface area (Å²) in [7, 11) is 1.63. The van der Waals surface area contributed by atoms with Gasteiger partial charge in [-0.1, -0.05) is 36.4 Å². The quantitative estimate of drug-likeness (QED) is 0.750. The molecule has 1 fully saturated rings. The van der Waals surface area contributed by atoms with E-state index in [1.165, 1.54) is 5.56 Å². The number of carbonyl (C=O) groups is 1. The van der Waals surface area contributed by atoms with E-state index in [0.29, 0.717) is 25.0 Å². The lowest BCUT2D eigenvalue weighted by molar-refractivity contribution is -0.123. The molecule has 2 aromatic rings. The molecule has 1 amide bonds. The molecule has 0 aliphatic heterocycles. The average molecular weight is 340 g/mol. The van der Waals surface area contributed by atoms with Gasteiger partial charge >= 0.3 is 0 Å². The van der Waals surface area contributed by atoms with Crippen LogP contribution in [0.5, 0.6) is 5.88 Å². The van der Waals surface area contributed by atoms with Crippen molar-refractivity contribution < 1.29 is 14.3 Å². The summed E-state index contributed by atoms with van der Waals surface area (Å²) >= 11 is 0. The van der Waals surface area contributed by atoms with Crippen LogP contribution >= 0.6 is 0 Å². The normalized spacial score (nSPS) is 19.9. The van der Waals surface area contributed by atoms with Gasteiger partial charge in [-0.15, -0.1) is 0 Å². The highest BCUT2D eigenvalue weighted by molar-refractivity contribution is 5.83. The molecule has 3 rings (SSSR count). The Morgan fingerprint density at radius 1 is 1.24 bits per heavy atom. The summed E-state index contributed by atoms with van der Waals surface area (Å²) in [6.45, 7) is 2.97. The second kappa shape index (κ2) is 8.12. The maximum absolute atomic E-state index is 12.4. The molecular formula is C20H24N2O3. The third-order valence-electron chi connectivity index (χ3n) is 4.51. The molecule has 5 nitrogen and oxygen atoms in total. The second-order valence-electron chi connectivity index (χ2n) is 6.36. The Balaban J connectivity index is 1.50. The summed E-state index contributed by atoms with van der Waals surface area (Å²) in [6.07, 6.45) is 2.67. The average Bonchev–Trinajstić information content (AvgIpc) is 3.44. The first-order valence-electron chi connectivity index (χ1n) is 8.62. The number of methoxy groups -OCH3 is 1. The van der Waals surface area contributed by atoms with Crippen LogP contribution in [0.2, 0.25) is 0 Å². The molecule has 1 aromatic heterocycles. The zero-order valence-corrected chi connectivity index (χ0v) is 14.6. The highest BCUT2D eigenvalue weighted by atomic mass is 16.5. The molecule has 1 heterocycles. The molecule has 3 atom stereocenters. The number of rotatable bonds is 8. The molecule has 0 bridgehead atoms. The first-order chi connectivity index (χ1) is 12.2. The van der Waals surface area contributed by atoms with Crippen molar-refractivity contribution in [2.45, 2.75) is 25.3 Å². The number of nitrogens with one attached hydrogen (secondary N) is 1. The van der Waals surface area contributed by atoms with Crippen molar-refractivity contribution in [2.75, 3.05) is 20.3 Å². The van der Waals surface area contributed by atoms with Crippen LogP contribution in [0.15, 0.2) is 48.7 Å². The first-order valence-corrected chi connectivity index (χ1v) is 8.62. The molecule has 1 aromatic carbocycles. The van der Waals surface area contributed by atoms with E-state index < -0.39 is 0 Å². The number of pyridine rings is 1. The fraction of sp³-hybridized carbons (Fsp3) is 0.400. The van der Waals surface area contributed by atoms with Crippen molar-refractivity contribution >= 4 is 5.91 Å². The minimum atomic E-state index is -0.0787. The lowest BCUT2D eigenvalue weighted by Crippen LogP contribution is -2.28. The van der Waals surface area contributed by atoms with Gasteiger partial charge in [-0.05, 0) is 30.4 Å². The van der Waals surface area contributed by atoms with E-state index in [0.717, 1.165) is 12.0 Å². The second-order valence-corrected chi connectivity index (χ2v) is 6.36. The largest absolute Gasteiger partial charge is 0.475 e. The minimum absolute atomic E-state index is 0.0782. The molecule has 5 heteroatoms. The third kappa shape index (κ3) is 4.57. The van der Waals surface area contributed by atoms with E-state index >= 15 is 0 Å². The van der Waals surface area contributed by atoms with E-state index in [9.17, 15) is 4.79 Å². The maximum atomic E-state index is 12.4. The van der Waals surface area contributed by atoms with Crippen molar-refractivity contribution in [1.82, 2.24) is 10.3 Å². The molecule has 1 aliphatic carbocycles. The van der Waals surface area contributed by atoms with Crippen molar-refractivity contribution in [1.29, 1.82) is 0 Å². The minimum Gasteiger partial charge on any atom is -0.475 e. The molecule has 0 saturated heterocycles. The van der Waals surface area contributed by atoms with Gasteiger partial charge in [0.1, 0.15) is 6.61 Å². The number of benzene rings is 1. The predicted molar refractivity (Wildman–Crippen MR) is 95.5 cm³/mol. The molecular weight excluding hydrogens is 316 g/mol. The number of nitrogens with zero attached hydrogens (tertiary/aromatic N) is 1. The van der Waals surface area contributed by atoms with Crippen LogP contribution in [0, 0.1) is 5.92 Å². The van der Waals surface area contributed by atoms with Crippen LogP contribution < -0.4 is 10.1 Å². The zero-order chi connectivity index (χ0) is 17.6. The van der Waals surface area contributed by atoms with Gasteiger partial charge in [-0.25, -0.2) is 4.98 Å². The Morgan fingerprint density at radius 3 is 2.72 bits per heavy atom. The van der Waals surface area contributed by atoms with Crippen LogP contribution in [-0.2, 0) is 9.53 Å². The molecule has 0 unspecified atom stereocenters. The van der Waals surface area contributed by atoms with Crippen LogP contribution in [-0.4, -0.2) is 31.2 Å². The van der Waals surface area contributed by atoms with E-state index in [2.05, 4.69) is 22.4 Å². The van der Waals surface area contributed by atoms with Gasteiger partial charge in [0.15, 0.2) is 0 Å². The molecule has 1 aliphatic rings. The van der Waals surface area contributed by atoms with Crippen molar-refractivity contribution in [2.24, 2.45) is 5.92 Å². The van der Waals surface area contributed by atoms with Crippen LogP contribution in [0.25, 0.3) is 0 Å². The number of hydrogen-bond acceptors (Lipinski definition) is 4. The fourth-order valence-electron chi connectivity index (χ4n) is 2.92. The van der Waals surface area contributed by atoms with E-state index in [1.807, 2.05) is 37.3 Å². The number of carbonyl (C=O) groups excluding carboxylic acids is 1. The molecule has 0 spiro atoms. The lowest BCUT2D eigenvalue weighted by atomic mass is 10.1. The summed E-state index contributed by atoms with van der Waals surface area (Å²) in [5.74, 6) is 1.10. The van der Waals surface area contributed by atoms with Crippen LogP contribution in [0.4, 0.5) is 0 Å². The molecule has 25 heavy (non-hydrogen) atoms.